The molecule has 33 heavy (non-hydrogen) atoms. The third-order valence-corrected chi connectivity index (χ3v) is 6.11. The van der Waals surface area contributed by atoms with Gasteiger partial charge in [-0.1, -0.05) is 53.8 Å². The van der Waals surface area contributed by atoms with E-state index in [4.69, 9.17) is 9.47 Å². The third kappa shape index (κ3) is 6.63. The number of amides is 1. The number of aryl methyl sites for hydroxylation is 1. The second-order valence-corrected chi connectivity index (χ2v) is 8.60. The molecule has 1 amide bonds. The molecule has 3 rings (SSSR count). The number of carbonyl (C=O) groups excluding carboxylic acids is 2. The van der Waals surface area contributed by atoms with Crippen molar-refractivity contribution in [1.29, 1.82) is 0 Å². The highest BCUT2D eigenvalue weighted by Crippen LogP contribution is 2.28. The molecule has 1 heterocycles. The van der Waals surface area contributed by atoms with Gasteiger partial charge in [0, 0.05) is 6.54 Å². The summed E-state index contributed by atoms with van der Waals surface area (Å²) in [7, 11) is 3.53. The van der Waals surface area contributed by atoms with Gasteiger partial charge in [-0.15, -0.1) is 0 Å². The summed E-state index contributed by atoms with van der Waals surface area (Å²) >= 11 is 1.18. The van der Waals surface area contributed by atoms with Gasteiger partial charge in [0.05, 0.1) is 32.5 Å². The fourth-order valence-electron chi connectivity index (χ4n) is 3.37. The first-order valence-corrected chi connectivity index (χ1v) is 11.5. The number of hydrogen-bond acceptors (Lipinski definition) is 7. The molecule has 0 fully saturated rings. The number of likely N-dealkylation sites (N-methyl/N-ethyl adjacent to an activating group) is 1. The Kier molecular flexibility index (Phi) is 8.57. The van der Waals surface area contributed by atoms with Crippen LogP contribution in [0.15, 0.2) is 54.6 Å². The molecule has 0 aliphatic heterocycles. The Morgan fingerprint density at radius 3 is 2.45 bits per heavy atom. The number of benzene rings is 2. The fraction of sp³-hybridized carbons (Fsp3) is 0.320. The van der Waals surface area contributed by atoms with Crippen LogP contribution in [0.3, 0.4) is 0 Å². The van der Waals surface area contributed by atoms with Crippen molar-refractivity contribution in [2.45, 2.75) is 26.9 Å². The van der Waals surface area contributed by atoms with Crippen molar-refractivity contribution in [3.63, 3.8) is 0 Å². The summed E-state index contributed by atoms with van der Waals surface area (Å²) in [6.45, 7) is 4.95. The standard InChI is InChI=1S/C25H29N3O4S/c1-5-32-24(30)23-18(2)26-25(33-23)28(16-19-10-7-6-8-11-19)22(29)17-27(3)15-20-12-9-13-21(14-20)31-4/h6-14H,5,15-17H2,1-4H3. The summed E-state index contributed by atoms with van der Waals surface area (Å²) in [5.74, 6) is 0.261. The minimum Gasteiger partial charge on any atom is -0.497 e. The molecule has 0 aliphatic carbocycles. The third-order valence-electron chi connectivity index (χ3n) is 4.95. The Hall–Kier alpha value is -3.23. The van der Waals surface area contributed by atoms with Gasteiger partial charge in [0.15, 0.2) is 5.13 Å². The van der Waals surface area contributed by atoms with Gasteiger partial charge in [-0.05, 0) is 44.2 Å². The molecular weight excluding hydrogens is 438 g/mol. The Labute approximate surface area is 198 Å². The van der Waals surface area contributed by atoms with Gasteiger partial charge in [0.2, 0.25) is 5.91 Å². The van der Waals surface area contributed by atoms with Crippen LogP contribution in [-0.4, -0.2) is 49.1 Å². The minimum atomic E-state index is -0.416. The monoisotopic (exact) mass is 467 g/mol. The molecule has 1 aromatic heterocycles. The van der Waals surface area contributed by atoms with Gasteiger partial charge in [0.25, 0.3) is 0 Å². The van der Waals surface area contributed by atoms with Crippen LogP contribution in [0.2, 0.25) is 0 Å². The highest BCUT2D eigenvalue weighted by Gasteiger charge is 2.25. The van der Waals surface area contributed by atoms with Crippen molar-refractivity contribution in [2.75, 3.05) is 32.2 Å². The Morgan fingerprint density at radius 1 is 1.03 bits per heavy atom. The maximum absolute atomic E-state index is 13.4. The number of thiazole rings is 1. The average molecular weight is 468 g/mol. The van der Waals surface area contributed by atoms with E-state index in [1.54, 1.807) is 25.9 Å². The van der Waals surface area contributed by atoms with Crippen molar-refractivity contribution < 1.29 is 19.1 Å². The van der Waals surface area contributed by atoms with Crippen LogP contribution in [-0.2, 0) is 22.6 Å². The molecule has 0 saturated heterocycles. The van der Waals surface area contributed by atoms with Gasteiger partial charge >= 0.3 is 5.97 Å². The van der Waals surface area contributed by atoms with Gasteiger partial charge in [-0.2, -0.15) is 0 Å². The molecule has 0 atom stereocenters. The molecule has 0 unspecified atom stereocenters. The number of esters is 1. The molecular formula is C25H29N3O4S. The number of carbonyl (C=O) groups is 2. The number of nitrogens with zero attached hydrogens (tertiary/aromatic N) is 3. The summed E-state index contributed by atoms with van der Waals surface area (Å²) < 4.78 is 10.4. The second-order valence-electron chi connectivity index (χ2n) is 7.62. The maximum atomic E-state index is 13.4. The predicted octanol–water partition coefficient (Wildman–Crippen LogP) is 4.30. The predicted molar refractivity (Wildman–Crippen MR) is 130 cm³/mol. The minimum absolute atomic E-state index is 0.103. The molecule has 2 aromatic carbocycles. The lowest BCUT2D eigenvalue weighted by Gasteiger charge is -2.24. The number of aromatic nitrogens is 1. The molecule has 0 N–H and O–H groups in total. The van der Waals surface area contributed by atoms with E-state index < -0.39 is 5.97 Å². The lowest BCUT2D eigenvalue weighted by molar-refractivity contribution is -0.119. The van der Waals surface area contributed by atoms with Gasteiger partial charge in [-0.25, -0.2) is 9.78 Å². The van der Waals surface area contributed by atoms with E-state index in [0.29, 0.717) is 28.8 Å². The molecule has 7 nitrogen and oxygen atoms in total. The maximum Gasteiger partial charge on any atom is 0.350 e. The van der Waals surface area contributed by atoms with Gasteiger partial charge < -0.3 is 9.47 Å². The lowest BCUT2D eigenvalue weighted by Crippen LogP contribution is -2.38. The van der Waals surface area contributed by atoms with Crippen LogP contribution < -0.4 is 9.64 Å². The number of methoxy groups -OCH3 is 1. The zero-order chi connectivity index (χ0) is 23.8. The van der Waals surface area contributed by atoms with E-state index in [1.807, 2.05) is 66.5 Å². The summed E-state index contributed by atoms with van der Waals surface area (Å²) in [6.07, 6.45) is 0. The lowest BCUT2D eigenvalue weighted by atomic mass is 10.2. The van der Waals surface area contributed by atoms with Crippen molar-refractivity contribution >= 4 is 28.3 Å². The van der Waals surface area contributed by atoms with Gasteiger partial charge in [-0.3, -0.25) is 14.6 Å². The quantitative estimate of drug-likeness (QED) is 0.414. The summed E-state index contributed by atoms with van der Waals surface area (Å²) in [4.78, 5) is 34.2. The zero-order valence-corrected chi connectivity index (χ0v) is 20.2. The normalized spacial score (nSPS) is 10.8. The summed E-state index contributed by atoms with van der Waals surface area (Å²) in [6, 6.07) is 17.5. The van der Waals surface area contributed by atoms with E-state index in [-0.39, 0.29) is 19.1 Å². The molecule has 0 spiro atoms. The first kappa shape index (κ1) is 24.4. The van der Waals surface area contributed by atoms with Crippen LogP contribution in [0.4, 0.5) is 5.13 Å². The van der Waals surface area contributed by atoms with Crippen molar-refractivity contribution in [3.05, 3.63) is 76.3 Å². The highest BCUT2D eigenvalue weighted by molar-refractivity contribution is 7.17. The van der Waals surface area contributed by atoms with E-state index >= 15 is 0 Å². The zero-order valence-electron chi connectivity index (χ0n) is 19.4. The summed E-state index contributed by atoms with van der Waals surface area (Å²) in [5.41, 5.74) is 2.59. The van der Waals surface area contributed by atoms with E-state index in [9.17, 15) is 9.59 Å². The van der Waals surface area contributed by atoms with Crippen LogP contribution in [0, 0.1) is 6.92 Å². The molecule has 0 saturated carbocycles. The average Bonchev–Trinajstić information content (AvgIpc) is 3.19. The largest absolute Gasteiger partial charge is 0.497 e. The van der Waals surface area contributed by atoms with E-state index in [2.05, 4.69) is 4.98 Å². The summed E-state index contributed by atoms with van der Waals surface area (Å²) in [5, 5.41) is 0.485. The smallest absolute Gasteiger partial charge is 0.350 e. The Bertz CT molecular complexity index is 1080. The second kappa shape index (κ2) is 11.6. The van der Waals surface area contributed by atoms with Crippen LogP contribution >= 0.6 is 11.3 Å². The molecule has 174 valence electrons. The van der Waals surface area contributed by atoms with Gasteiger partial charge in [0.1, 0.15) is 10.6 Å². The first-order chi connectivity index (χ1) is 15.9. The van der Waals surface area contributed by atoms with Crippen molar-refractivity contribution in [3.8, 4) is 5.75 Å². The molecule has 0 aliphatic rings. The van der Waals surface area contributed by atoms with Crippen molar-refractivity contribution in [1.82, 2.24) is 9.88 Å². The van der Waals surface area contributed by atoms with E-state index in [1.165, 1.54) is 11.3 Å². The van der Waals surface area contributed by atoms with Crippen molar-refractivity contribution in [2.24, 2.45) is 0 Å². The number of rotatable bonds is 10. The number of anilines is 1. The molecule has 8 heteroatoms. The van der Waals surface area contributed by atoms with Crippen LogP contribution in [0.5, 0.6) is 5.75 Å². The molecule has 0 radical (unpaired) electrons. The van der Waals surface area contributed by atoms with E-state index in [0.717, 1.165) is 16.9 Å². The number of ether oxygens (including phenoxy) is 2. The number of hydrogen-bond donors (Lipinski definition) is 0. The van der Waals surface area contributed by atoms with Crippen LogP contribution in [0.25, 0.3) is 0 Å². The molecule has 3 aromatic rings. The van der Waals surface area contributed by atoms with Crippen LogP contribution in [0.1, 0.15) is 33.4 Å². The fourth-order valence-corrected chi connectivity index (χ4v) is 4.34. The topological polar surface area (TPSA) is 72.0 Å². The molecule has 0 bridgehead atoms. The highest BCUT2D eigenvalue weighted by atomic mass is 32.1. The Morgan fingerprint density at radius 2 is 1.76 bits per heavy atom. The first-order valence-electron chi connectivity index (χ1n) is 10.7. The SMILES string of the molecule is CCOC(=O)c1sc(N(Cc2ccccc2)C(=O)CN(C)Cc2cccc(OC)c2)nc1C. The Balaban J connectivity index is 1.80.